The van der Waals surface area contributed by atoms with Crippen LogP contribution in [0.3, 0.4) is 0 Å². The second-order valence-electron chi connectivity index (χ2n) is 7.04. The van der Waals surface area contributed by atoms with E-state index in [-0.39, 0.29) is 11.9 Å². The number of rotatable bonds is 4. The molecule has 6 nitrogen and oxygen atoms in total. The third kappa shape index (κ3) is 3.66. The number of amides is 1. The molecular weight excluding hydrogens is 370 g/mol. The van der Waals surface area contributed by atoms with Crippen LogP contribution in [0.4, 0.5) is 0 Å². The van der Waals surface area contributed by atoms with Crippen molar-refractivity contribution in [1.29, 1.82) is 0 Å². The van der Waals surface area contributed by atoms with Gasteiger partial charge in [0.05, 0.1) is 11.8 Å². The number of aryl methyl sites for hydroxylation is 1. The van der Waals surface area contributed by atoms with E-state index in [1.54, 1.807) is 18.5 Å². The number of aromatic nitrogens is 4. The molecule has 7 heteroatoms. The molecule has 0 atom stereocenters. The predicted octanol–water partition coefficient (Wildman–Crippen LogP) is 3.97. The maximum Gasteiger partial charge on any atom is 0.281 e. The van der Waals surface area contributed by atoms with Crippen molar-refractivity contribution in [1.82, 2.24) is 19.3 Å². The first-order chi connectivity index (χ1) is 13.5. The third-order valence-electron chi connectivity index (χ3n) is 4.50. The van der Waals surface area contributed by atoms with Gasteiger partial charge in [0.1, 0.15) is 0 Å². The summed E-state index contributed by atoms with van der Waals surface area (Å²) < 4.78 is 3.82. The highest BCUT2D eigenvalue weighted by atomic mass is 32.1. The predicted molar refractivity (Wildman–Crippen MR) is 110 cm³/mol. The van der Waals surface area contributed by atoms with Crippen LogP contribution in [-0.4, -0.2) is 25.2 Å². The molecule has 28 heavy (non-hydrogen) atoms. The molecule has 0 saturated heterocycles. The SMILES string of the molecule is Cc1ccc(Cn2ccsc2=NC(=O)c2cnc3c(cnn3C(C)C)c2)cc1. The van der Waals surface area contributed by atoms with Crippen LogP contribution >= 0.6 is 11.3 Å². The molecule has 0 bridgehead atoms. The lowest BCUT2D eigenvalue weighted by atomic mass is 10.1. The molecule has 1 amide bonds. The van der Waals surface area contributed by atoms with Gasteiger partial charge in [-0.3, -0.25) is 4.79 Å². The van der Waals surface area contributed by atoms with Crippen LogP contribution in [0.5, 0.6) is 0 Å². The number of carbonyl (C=O) groups excluding carboxylic acids is 1. The van der Waals surface area contributed by atoms with Crippen molar-refractivity contribution in [3.05, 3.63) is 75.8 Å². The molecule has 0 N–H and O–H groups in total. The Morgan fingerprint density at radius 2 is 2.00 bits per heavy atom. The molecule has 3 heterocycles. The summed E-state index contributed by atoms with van der Waals surface area (Å²) >= 11 is 1.45. The van der Waals surface area contributed by atoms with Gasteiger partial charge in [-0.15, -0.1) is 11.3 Å². The van der Waals surface area contributed by atoms with Gasteiger partial charge in [0, 0.05) is 35.7 Å². The van der Waals surface area contributed by atoms with Gasteiger partial charge in [0.25, 0.3) is 5.91 Å². The van der Waals surface area contributed by atoms with Crippen LogP contribution < -0.4 is 4.80 Å². The maximum absolute atomic E-state index is 12.7. The summed E-state index contributed by atoms with van der Waals surface area (Å²) in [6.07, 6.45) is 5.26. The van der Waals surface area contributed by atoms with Crippen LogP contribution in [0.2, 0.25) is 0 Å². The molecule has 0 radical (unpaired) electrons. The number of hydrogen-bond acceptors (Lipinski definition) is 4. The first-order valence-corrected chi connectivity index (χ1v) is 10.0. The molecule has 3 aromatic heterocycles. The Morgan fingerprint density at radius 3 is 2.75 bits per heavy atom. The Balaban J connectivity index is 1.63. The molecule has 0 unspecified atom stereocenters. The number of nitrogens with zero attached hydrogens (tertiary/aromatic N) is 5. The zero-order valence-corrected chi connectivity index (χ0v) is 16.8. The van der Waals surface area contributed by atoms with Gasteiger partial charge in [-0.25, -0.2) is 9.67 Å². The average Bonchev–Trinajstić information content (AvgIpc) is 3.30. The highest BCUT2D eigenvalue weighted by molar-refractivity contribution is 7.07. The lowest BCUT2D eigenvalue weighted by molar-refractivity contribution is 0.0997. The summed E-state index contributed by atoms with van der Waals surface area (Å²) in [4.78, 5) is 22.1. The summed E-state index contributed by atoms with van der Waals surface area (Å²) in [6, 6.07) is 10.4. The molecule has 0 aliphatic carbocycles. The van der Waals surface area contributed by atoms with E-state index < -0.39 is 0 Å². The van der Waals surface area contributed by atoms with Gasteiger partial charge >= 0.3 is 0 Å². The minimum atomic E-state index is -0.299. The van der Waals surface area contributed by atoms with E-state index in [4.69, 9.17) is 0 Å². The monoisotopic (exact) mass is 391 g/mol. The van der Waals surface area contributed by atoms with Crippen molar-refractivity contribution < 1.29 is 4.79 Å². The zero-order chi connectivity index (χ0) is 19.7. The van der Waals surface area contributed by atoms with E-state index in [0.29, 0.717) is 16.9 Å². The quantitative estimate of drug-likeness (QED) is 0.529. The Morgan fingerprint density at radius 1 is 1.21 bits per heavy atom. The van der Waals surface area contributed by atoms with E-state index in [2.05, 4.69) is 46.3 Å². The Hall–Kier alpha value is -3.06. The van der Waals surface area contributed by atoms with Crippen LogP contribution in [0, 0.1) is 6.92 Å². The van der Waals surface area contributed by atoms with Crippen molar-refractivity contribution in [3.63, 3.8) is 0 Å². The molecule has 0 aliphatic heterocycles. The molecule has 4 rings (SSSR count). The lowest BCUT2D eigenvalue weighted by Gasteiger charge is -2.06. The van der Waals surface area contributed by atoms with E-state index >= 15 is 0 Å². The molecule has 0 fully saturated rings. The van der Waals surface area contributed by atoms with E-state index in [1.165, 1.54) is 22.5 Å². The number of hydrogen-bond donors (Lipinski definition) is 0. The van der Waals surface area contributed by atoms with Gasteiger partial charge in [-0.1, -0.05) is 29.8 Å². The first-order valence-electron chi connectivity index (χ1n) is 9.13. The fourth-order valence-electron chi connectivity index (χ4n) is 2.98. The van der Waals surface area contributed by atoms with Crippen LogP contribution in [0.15, 0.2) is 59.3 Å². The minimum Gasteiger partial charge on any atom is -0.319 e. The van der Waals surface area contributed by atoms with Crippen molar-refractivity contribution in [3.8, 4) is 0 Å². The largest absolute Gasteiger partial charge is 0.319 e. The second kappa shape index (κ2) is 7.52. The van der Waals surface area contributed by atoms with Gasteiger partial charge < -0.3 is 4.57 Å². The van der Waals surface area contributed by atoms with Crippen LogP contribution in [-0.2, 0) is 6.54 Å². The Bertz CT molecular complexity index is 1200. The van der Waals surface area contributed by atoms with Crippen LogP contribution in [0.25, 0.3) is 11.0 Å². The third-order valence-corrected chi connectivity index (χ3v) is 5.29. The maximum atomic E-state index is 12.7. The Kier molecular flexibility index (Phi) is 4.92. The van der Waals surface area contributed by atoms with Crippen molar-refractivity contribution >= 4 is 28.3 Å². The number of pyridine rings is 1. The van der Waals surface area contributed by atoms with Crippen molar-refractivity contribution in [2.24, 2.45) is 4.99 Å². The minimum absolute atomic E-state index is 0.211. The Labute approximate surface area is 166 Å². The smallest absolute Gasteiger partial charge is 0.281 e. The highest BCUT2D eigenvalue weighted by Crippen LogP contribution is 2.17. The van der Waals surface area contributed by atoms with E-state index in [9.17, 15) is 4.79 Å². The van der Waals surface area contributed by atoms with E-state index in [0.717, 1.165) is 11.0 Å². The number of benzene rings is 1. The summed E-state index contributed by atoms with van der Waals surface area (Å²) in [5.74, 6) is -0.299. The van der Waals surface area contributed by atoms with Crippen LogP contribution in [0.1, 0.15) is 41.4 Å². The van der Waals surface area contributed by atoms with Crippen molar-refractivity contribution in [2.75, 3.05) is 0 Å². The fraction of sp³-hybridized carbons (Fsp3) is 0.238. The molecule has 1 aromatic carbocycles. The molecule has 4 aromatic rings. The summed E-state index contributed by atoms with van der Waals surface area (Å²) in [7, 11) is 0. The average molecular weight is 392 g/mol. The summed E-state index contributed by atoms with van der Waals surface area (Å²) in [6.45, 7) is 6.84. The van der Waals surface area contributed by atoms with Gasteiger partial charge in [0.15, 0.2) is 10.4 Å². The van der Waals surface area contributed by atoms with Gasteiger partial charge in [-0.2, -0.15) is 10.1 Å². The molecule has 0 saturated carbocycles. The highest BCUT2D eigenvalue weighted by Gasteiger charge is 2.11. The molecule has 0 aliphatic rings. The molecule has 0 spiro atoms. The number of carbonyl (C=O) groups is 1. The molecular formula is C21H21N5OS. The van der Waals surface area contributed by atoms with Gasteiger partial charge in [-0.05, 0) is 32.4 Å². The lowest BCUT2D eigenvalue weighted by Crippen LogP contribution is -2.17. The normalized spacial score (nSPS) is 12.2. The number of thiazole rings is 1. The standard InChI is InChI=1S/C21H21N5OS/c1-14(2)26-19-17(12-23-26)10-18(11-22-19)20(27)24-21-25(8-9-28-21)13-16-6-4-15(3)5-7-16/h4-12,14H,13H2,1-3H3. The molecule has 142 valence electrons. The summed E-state index contributed by atoms with van der Waals surface area (Å²) in [5.41, 5.74) is 3.63. The first kappa shape index (κ1) is 18.3. The summed E-state index contributed by atoms with van der Waals surface area (Å²) in [5, 5.41) is 7.13. The van der Waals surface area contributed by atoms with E-state index in [1.807, 2.05) is 34.7 Å². The topological polar surface area (TPSA) is 65.1 Å². The zero-order valence-electron chi connectivity index (χ0n) is 16.0. The number of fused-ring (bicyclic) bond motifs is 1. The second-order valence-corrected chi connectivity index (χ2v) is 7.91. The fourth-order valence-corrected chi connectivity index (χ4v) is 3.71. The van der Waals surface area contributed by atoms with Gasteiger partial charge in [0.2, 0.25) is 0 Å². The van der Waals surface area contributed by atoms with Crippen molar-refractivity contribution in [2.45, 2.75) is 33.4 Å².